The number of hydrogen-bond donors (Lipinski definition) is 2. The third kappa shape index (κ3) is 4.01. The average Bonchev–Trinajstić information content (AvgIpc) is 3.64. The van der Waals surface area contributed by atoms with E-state index in [0.29, 0.717) is 23.7 Å². The molecule has 0 radical (unpaired) electrons. The largest absolute Gasteiger partial charge is 0.454 e. The predicted molar refractivity (Wildman–Crippen MR) is 155 cm³/mol. The molecule has 0 atom stereocenters. The van der Waals surface area contributed by atoms with Gasteiger partial charge in [0.2, 0.25) is 5.95 Å². The van der Waals surface area contributed by atoms with E-state index in [1.165, 1.54) is 6.20 Å². The Morgan fingerprint density at radius 3 is 2.62 bits per heavy atom. The third-order valence-corrected chi connectivity index (χ3v) is 6.80. The highest BCUT2D eigenvalue weighted by Crippen LogP contribution is 2.41. The van der Waals surface area contributed by atoms with Gasteiger partial charge in [0, 0.05) is 47.3 Å². The van der Waals surface area contributed by atoms with Gasteiger partial charge in [-0.25, -0.2) is 4.98 Å². The zero-order valence-corrected chi connectivity index (χ0v) is 21.2. The Morgan fingerprint density at radius 1 is 0.925 bits per heavy atom. The summed E-state index contributed by atoms with van der Waals surface area (Å²) < 4.78 is 8.16. The SMILES string of the molecule is NCc1cncc(C(=O)Nc2ccc(N(c3cccc4c3oc3ccccc34)c3nccc4ccnn34)cc2)c1. The summed E-state index contributed by atoms with van der Waals surface area (Å²) in [7, 11) is 0. The number of anilines is 4. The van der Waals surface area contributed by atoms with Gasteiger partial charge in [0.1, 0.15) is 5.58 Å². The Hall–Kier alpha value is -5.54. The molecule has 0 spiro atoms. The fraction of sp³-hybridized carbons (Fsp3) is 0.0323. The van der Waals surface area contributed by atoms with Crippen LogP contribution in [0.2, 0.25) is 0 Å². The van der Waals surface area contributed by atoms with Crippen molar-refractivity contribution < 1.29 is 9.21 Å². The molecule has 0 aliphatic heterocycles. The number of benzene rings is 3. The van der Waals surface area contributed by atoms with Crippen molar-refractivity contribution in [2.24, 2.45) is 5.73 Å². The molecule has 3 aromatic carbocycles. The molecule has 0 aliphatic rings. The lowest BCUT2D eigenvalue weighted by Gasteiger charge is -2.24. The number of nitrogens with one attached hydrogen (secondary N) is 1. The Kier molecular flexibility index (Phi) is 5.68. The summed E-state index contributed by atoms with van der Waals surface area (Å²) in [6.45, 7) is 0.313. The number of hydrogen-bond acceptors (Lipinski definition) is 7. The zero-order chi connectivity index (χ0) is 27.1. The second kappa shape index (κ2) is 9.64. The number of rotatable bonds is 6. The average molecular weight is 526 g/mol. The van der Waals surface area contributed by atoms with E-state index in [0.717, 1.165) is 44.4 Å². The molecule has 9 heteroatoms. The number of fused-ring (bicyclic) bond motifs is 4. The molecule has 0 bridgehead atoms. The number of para-hydroxylation sites is 2. The molecular formula is C31H23N7O2. The molecular weight excluding hydrogens is 502 g/mol. The van der Waals surface area contributed by atoms with Crippen LogP contribution in [0, 0.1) is 0 Å². The van der Waals surface area contributed by atoms with Crippen LogP contribution in [0.4, 0.5) is 23.0 Å². The number of pyridine rings is 1. The summed E-state index contributed by atoms with van der Waals surface area (Å²) in [4.78, 5) is 23.7. The minimum atomic E-state index is -0.262. The van der Waals surface area contributed by atoms with Crippen LogP contribution < -0.4 is 16.0 Å². The van der Waals surface area contributed by atoms with E-state index in [1.807, 2.05) is 71.6 Å². The lowest BCUT2D eigenvalue weighted by molar-refractivity contribution is 0.102. The second-order valence-corrected chi connectivity index (χ2v) is 9.29. The summed E-state index contributed by atoms with van der Waals surface area (Å²) in [6, 6.07) is 27.2. The van der Waals surface area contributed by atoms with E-state index in [9.17, 15) is 4.79 Å². The number of amides is 1. The van der Waals surface area contributed by atoms with E-state index in [-0.39, 0.29) is 5.91 Å². The van der Waals surface area contributed by atoms with Gasteiger partial charge < -0.3 is 15.5 Å². The van der Waals surface area contributed by atoms with Gasteiger partial charge in [0.15, 0.2) is 5.58 Å². The van der Waals surface area contributed by atoms with Gasteiger partial charge in [0.05, 0.1) is 23.0 Å². The molecule has 1 amide bonds. The summed E-state index contributed by atoms with van der Waals surface area (Å²) in [5.41, 5.74) is 11.6. The van der Waals surface area contributed by atoms with Crippen molar-refractivity contribution in [3.63, 3.8) is 0 Å². The van der Waals surface area contributed by atoms with Gasteiger partial charge >= 0.3 is 0 Å². The summed E-state index contributed by atoms with van der Waals surface area (Å²) in [5, 5.41) is 9.51. The maximum Gasteiger partial charge on any atom is 0.257 e. The van der Waals surface area contributed by atoms with Crippen molar-refractivity contribution >= 4 is 56.4 Å². The Morgan fingerprint density at radius 2 is 1.75 bits per heavy atom. The van der Waals surface area contributed by atoms with E-state index in [2.05, 4.69) is 27.5 Å². The summed E-state index contributed by atoms with van der Waals surface area (Å²) >= 11 is 0. The normalized spacial score (nSPS) is 11.3. The van der Waals surface area contributed by atoms with Gasteiger partial charge in [-0.2, -0.15) is 9.61 Å². The standard InChI is InChI=1S/C31H23N7O2/c32-17-20-16-21(19-33-18-20)30(39)36-22-8-10-23(11-9-22)37(31-34-14-12-24-13-15-35-38(24)31)27-6-3-5-26-25-4-1-2-7-28(25)40-29(26)27/h1-16,18-19H,17,32H2,(H,36,39). The molecule has 0 saturated heterocycles. The van der Waals surface area contributed by atoms with Crippen molar-refractivity contribution in [1.82, 2.24) is 19.6 Å². The highest BCUT2D eigenvalue weighted by Gasteiger charge is 2.22. The topological polar surface area (TPSA) is 115 Å². The lowest BCUT2D eigenvalue weighted by Crippen LogP contribution is -2.16. The molecule has 7 rings (SSSR count). The fourth-order valence-electron chi connectivity index (χ4n) is 4.89. The highest BCUT2D eigenvalue weighted by atomic mass is 16.3. The lowest BCUT2D eigenvalue weighted by atomic mass is 10.1. The van der Waals surface area contributed by atoms with Crippen LogP contribution in [0.5, 0.6) is 0 Å². The Labute approximate surface area is 228 Å². The number of carbonyl (C=O) groups is 1. The quantitative estimate of drug-likeness (QED) is 0.265. The number of carbonyl (C=O) groups excluding carboxylic acids is 1. The first-order valence-electron chi connectivity index (χ1n) is 12.7. The molecule has 4 heterocycles. The van der Waals surface area contributed by atoms with Gasteiger partial charge in [-0.3, -0.25) is 14.7 Å². The first-order chi connectivity index (χ1) is 19.7. The van der Waals surface area contributed by atoms with Crippen molar-refractivity contribution in [2.75, 3.05) is 10.2 Å². The van der Waals surface area contributed by atoms with Crippen molar-refractivity contribution in [3.05, 3.63) is 121 Å². The molecule has 3 N–H and O–H groups in total. The molecule has 9 nitrogen and oxygen atoms in total. The first-order valence-corrected chi connectivity index (χ1v) is 12.7. The number of nitrogens with two attached hydrogens (primary N) is 1. The van der Waals surface area contributed by atoms with E-state index in [1.54, 1.807) is 29.2 Å². The minimum Gasteiger partial charge on any atom is -0.454 e. The van der Waals surface area contributed by atoms with Crippen LogP contribution in [0.1, 0.15) is 15.9 Å². The van der Waals surface area contributed by atoms with Crippen LogP contribution >= 0.6 is 0 Å². The van der Waals surface area contributed by atoms with Gasteiger partial charge in [0.25, 0.3) is 5.91 Å². The number of furan rings is 1. The molecule has 0 aliphatic carbocycles. The smallest absolute Gasteiger partial charge is 0.257 e. The van der Waals surface area contributed by atoms with Crippen LogP contribution in [0.25, 0.3) is 27.5 Å². The molecule has 194 valence electrons. The second-order valence-electron chi connectivity index (χ2n) is 9.29. The van der Waals surface area contributed by atoms with Crippen LogP contribution in [0.15, 0.2) is 114 Å². The Bertz CT molecular complexity index is 2010. The fourth-order valence-corrected chi connectivity index (χ4v) is 4.89. The van der Waals surface area contributed by atoms with Gasteiger partial charge in [-0.1, -0.05) is 30.3 Å². The van der Waals surface area contributed by atoms with E-state index in [4.69, 9.17) is 15.1 Å². The summed E-state index contributed by atoms with van der Waals surface area (Å²) in [6.07, 6.45) is 6.68. The van der Waals surface area contributed by atoms with Crippen LogP contribution in [0.3, 0.4) is 0 Å². The summed E-state index contributed by atoms with van der Waals surface area (Å²) in [5.74, 6) is 0.333. The molecule has 40 heavy (non-hydrogen) atoms. The third-order valence-electron chi connectivity index (χ3n) is 6.80. The van der Waals surface area contributed by atoms with Crippen LogP contribution in [-0.4, -0.2) is 25.5 Å². The molecule has 0 saturated carbocycles. The molecule has 0 unspecified atom stereocenters. The molecule has 0 fully saturated rings. The number of nitrogens with zero attached hydrogens (tertiary/aromatic N) is 5. The van der Waals surface area contributed by atoms with Crippen molar-refractivity contribution in [2.45, 2.75) is 6.54 Å². The molecule has 4 aromatic heterocycles. The monoisotopic (exact) mass is 525 g/mol. The minimum absolute atomic E-state index is 0.262. The Balaban J connectivity index is 1.33. The predicted octanol–water partition coefficient (Wildman–Crippen LogP) is 6.20. The first kappa shape index (κ1) is 23.6. The molecule has 7 aromatic rings. The van der Waals surface area contributed by atoms with Gasteiger partial charge in [-0.05, 0) is 60.2 Å². The van der Waals surface area contributed by atoms with E-state index < -0.39 is 0 Å². The highest BCUT2D eigenvalue weighted by molar-refractivity contribution is 6.10. The maximum absolute atomic E-state index is 12.9. The van der Waals surface area contributed by atoms with E-state index >= 15 is 0 Å². The van der Waals surface area contributed by atoms with Gasteiger partial charge in [-0.15, -0.1) is 0 Å². The van der Waals surface area contributed by atoms with Crippen molar-refractivity contribution in [1.29, 1.82) is 0 Å². The van der Waals surface area contributed by atoms with Crippen LogP contribution in [-0.2, 0) is 6.54 Å². The maximum atomic E-state index is 12.9. The zero-order valence-electron chi connectivity index (χ0n) is 21.2. The number of aromatic nitrogens is 4. The van der Waals surface area contributed by atoms with Crippen molar-refractivity contribution in [3.8, 4) is 0 Å².